The molecular weight excluding hydrogens is 120 g/mol. The molecule has 0 saturated heterocycles. The highest BCUT2D eigenvalue weighted by molar-refractivity contribution is 4.80. The summed E-state index contributed by atoms with van der Waals surface area (Å²) in [5.74, 6) is 1.91. The summed E-state index contributed by atoms with van der Waals surface area (Å²) < 4.78 is 0. The van der Waals surface area contributed by atoms with E-state index in [-0.39, 0.29) is 0 Å². The second kappa shape index (κ2) is 2.56. The van der Waals surface area contributed by atoms with Crippen molar-refractivity contribution < 1.29 is 0 Å². The summed E-state index contributed by atoms with van der Waals surface area (Å²) in [7, 11) is 0. The fraction of sp³-hybridized carbons (Fsp3) is 1.00. The van der Waals surface area contributed by atoms with Crippen LogP contribution in [-0.2, 0) is 0 Å². The van der Waals surface area contributed by atoms with Gasteiger partial charge >= 0.3 is 0 Å². The Morgan fingerprint density at radius 2 is 1.40 bits per heavy atom. The lowest BCUT2D eigenvalue weighted by molar-refractivity contribution is 0.143. The molecule has 1 aliphatic carbocycles. The van der Waals surface area contributed by atoms with E-state index < -0.39 is 0 Å². The van der Waals surface area contributed by atoms with Crippen LogP contribution in [0.1, 0.15) is 47.0 Å². The van der Waals surface area contributed by atoms with Gasteiger partial charge in [0.2, 0.25) is 0 Å². The Kier molecular flexibility index (Phi) is 2.07. The van der Waals surface area contributed by atoms with Crippen LogP contribution in [0.25, 0.3) is 0 Å². The molecule has 2 atom stereocenters. The quantitative estimate of drug-likeness (QED) is 0.483. The van der Waals surface area contributed by atoms with Crippen molar-refractivity contribution in [1.29, 1.82) is 0 Å². The first kappa shape index (κ1) is 8.10. The molecule has 0 heterocycles. The molecule has 1 rings (SSSR count). The molecule has 1 unspecified atom stereocenters. The van der Waals surface area contributed by atoms with Crippen molar-refractivity contribution in [2.75, 3.05) is 0 Å². The Hall–Kier alpha value is 0. The lowest BCUT2D eigenvalue weighted by Crippen LogP contribution is -2.25. The van der Waals surface area contributed by atoms with Crippen LogP contribution in [-0.4, -0.2) is 0 Å². The van der Waals surface area contributed by atoms with E-state index in [0.717, 1.165) is 11.8 Å². The van der Waals surface area contributed by atoms with Crippen LogP contribution in [0, 0.1) is 17.3 Å². The average Bonchev–Trinajstić information content (AvgIpc) is 1.54. The van der Waals surface area contributed by atoms with Crippen molar-refractivity contribution in [2.24, 2.45) is 17.3 Å². The second-order valence-corrected chi connectivity index (χ2v) is 5.02. The first-order valence-corrected chi connectivity index (χ1v) is 4.49. The summed E-state index contributed by atoms with van der Waals surface area (Å²) in [5, 5.41) is 0. The minimum absolute atomic E-state index is 0.622. The molecule has 0 radical (unpaired) electrons. The van der Waals surface area contributed by atoms with Gasteiger partial charge in [0, 0.05) is 0 Å². The van der Waals surface area contributed by atoms with Gasteiger partial charge in [-0.25, -0.2) is 0 Å². The van der Waals surface area contributed by atoms with Gasteiger partial charge in [-0.3, -0.25) is 0 Å². The maximum Gasteiger partial charge on any atom is -0.0349 e. The van der Waals surface area contributed by atoms with Gasteiger partial charge in [0.05, 0.1) is 0 Å². The highest BCUT2D eigenvalue weighted by atomic mass is 14.3. The Morgan fingerprint density at radius 1 is 1.00 bits per heavy atom. The van der Waals surface area contributed by atoms with Crippen molar-refractivity contribution in [2.45, 2.75) is 47.0 Å². The molecule has 1 saturated carbocycles. The molecular formula is C10H20. The lowest BCUT2D eigenvalue weighted by atomic mass is 9.69. The zero-order valence-electron chi connectivity index (χ0n) is 7.78. The summed E-state index contributed by atoms with van der Waals surface area (Å²) in [6.07, 6.45) is 4.30. The van der Waals surface area contributed by atoms with Crippen LogP contribution < -0.4 is 0 Å². The van der Waals surface area contributed by atoms with E-state index in [0.29, 0.717) is 5.41 Å². The molecule has 0 amide bonds. The molecule has 0 nitrogen and oxygen atoms in total. The van der Waals surface area contributed by atoms with Crippen LogP contribution in [0.15, 0.2) is 0 Å². The number of hydrogen-bond donors (Lipinski definition) is 0. The highest BCUT2D eigenvalue weighted by Crippen LogP contribution is 2.41. The topological polar surface area (TPSA) is 0 Å². The van der Waals surface area contributed by atoms with Crippen molar-refractivity contribution in [3.63, 3.8) is 0 Å². The predicted molar refractivity (Wildman–Crippen MR) is 46.0 cm³/mol. The van der Waals surface area contributed by atoms with E-state index >= 15 is 0 Å². The molecule has 0 aromatic carbocycles. The summed E-state index contributed by atoms with van der Waals surface area (Å²) >= 11 is 0. The van der Waals surface area contributed by atoms with E-state index in [1.165, 1.54) is 19.3 Å². The Bertz CT molecular complexity index is 101. The maximum absolute atomic E-state index is 2.40. The van der Waals surface area contributed by atoms with Crippen molar-refractivity contribution in [3.8, 4) is 0 Å². The predicted octanol–water partition coefficient (Wildman–Crippen LogP) is 3.47. The summed E-state index contributed by atoms with van der Waals surface area (Å²) in [4.78, 5) is 0. The smallest absolute Gasteiger partial charge is 0.0349 e. The van der Waals surface area contributed by atoms with Gasteiger partial charge in [-0.2, -0.15) is 0 Å². The third-order valence-electron chi connectivity index (χ3n) is 2.61. The van der Waals surface area contributed by atoms with E-state index in [4.69, 9.17) is 0 Å². The minimum atomic E-state index is 0.622. The Balaban J connectivity index is 2.51. The molecule has 10 heavy (non-hydrogen) atoms. The molecule has 0 bridgehead atoms. The SMILES string of the molecule is CC1C[C@@H](C)CC(C)(C)C1. The third-order valence-corrected chi connectivity index (χ3v) is 2.61. The van der Waals surface area contributed by atoms with Crippen LogP contribution in [0.2, 0.25) is 0 Å². The normalized spacial score (nSPS) is 39.6. The number of hydrogen-bond acceptors (Lipinski definition) is 0. The van der Waals surface area contributed by atoms with Gasteiger partial charge < -0.3 is 0 Å². The van der Waals surface area contributed by atoms with Crippen molar-refractivity contribution in [1.82, 2.24) is 0 Å². The molecule has 0 aromatic rings. The summed E-state index contributed by atoms with van der Waals surface area (Å²) in [5.41, 5.74) is 0.622. The highest BCUT2D eigenvalue weighted by Gasteiger charge is 2.29. The molecule has 0 spiro atoms. The van der Waals surface area contributed by atoms with E-state index in [9.17, 15) is 0 Å². The second-order valence-electron chi connectivity index (χ2n) is 5.02. The van der Waals surface area contributed by atoms with E-state index in [2.05, 4.69) is 27.7 Å². The monoisotopic (exact) mass is 140 g/mol. The van der Waals surface area contributed by atoms with Crippen molar-refractivity contribution >= 4 is 0 Å². The zero-order valence-corrected chi connectivity index (χ0v) is 7.78. The fourth-order valence-corrected chi connectivity index (χ4v) is 2.82. The average molecular weight is 140 g/mol. The standard InChI is InChI=1S/C10H20/c1-8-5-9(2)7-10(3,4)6-8/h8-9H,5-7H2,1-4H3/t8-,9?/m1/s1. The molecule has 1 fully saturated rings. The Labute approximate surface area is 65.0 Å². The van der Waals surface area contributed by atoms with Gasteiger partial charge in [0.25, 0.3) is 0 Å². The fourth-order valence-electron chi connectivity index (χ4n) is 2.82. The van der Waals surface area contributed by atoms with Gasteiger partial charge in [0.15, 0.2) is 0 Å². The van der Waals surface area contributed by atoms with Gasteiger partial charge in [0.1, 0.15) is 0 Å². The lowest BCUT2D eigenvalue weighted by Gasteiger charge is -2.37. The molecule has 0 aliphatic heterocycles. The van der Waals surface area contributed by atoms with Gasteiger partial charge in [-0.1, -0.05) is 27.7 Å². The number of rotatable bonds is 0. The van der Waals surface area contributed by atoms with Crippen LogP contribution in [0.3, 0.4) is 0 Å². The van der Waals surface area contributed by atoms with Crippen molar-refractivity contribution in [3.05, 3.63) is 0 Å². The molecule has 0 heteroatoms. The zero-order chi connectivity index (χ0) is 7.78. The van der Waals surface area contributed by atoms with Gasteiger partial charge in [-0.05, 0) is 36.5 Å². The maximum atomic E-state index is 2.40. The van der Waals surface area contributed by atoms with Gasteiger partial charge in [-0.15, -0.1) is 0 Å². The van der Waals surface area contributed by atoms with E-state index in [1.807, 2.05) is 0 Å². The molecule has 60 valence electrons. The van der Waals surface area contributed by atoms with Crippen LogP contribution in [0.4, 0.5) is 0 Å². The molecule has 0 N–H and O–H groups in total. The Morgan fingerprint density at radius 3 is 1.70 bits per heavy atom. The largest absolute Gasteiger partial charge is 0.0625 e. The van der Waals surface area contributed by atoms with Crippen LogP contribution >= 0.6 is 0 Å². The minimum Gasteiger partial charge on any atom is -0.0625 e. The summed E-state index contributed by atoms with van der Waals surface area (Å²) in [6.45, 7) is 9.58. The van der Waals surface area contributed by atoms with E-state index in [1.54, 1.807) is 0 Å². The van der Waals surface area contributed by atoms with Crippen LogP contribution in [0.5, 0.6) is 0 Å². The molecule has 0 aromatic heterocycles. The summed E-state index contributed by atoms with van der Waals surface area (Å²) in [6, 6.07) is 0. The first-order valence-electron chi connectivity index (χ1n) is 4.49. The molecule has 1 aliphatic rings. The first-order chi connectivity index (χ1) is 4.49. The third kappa shape index (κ3) is 2.00.